The number of carbonyl (C=O) groups is 1. The van der Waals surface area contributed by atoms with E-state index < -0.39 is 0 Å². The molecule has 100 valence electrons. The van der Waals surface area contributed by atoms with Gasteiger partial charge in [0.2, 0.25) is 5.91 Å². The number of rotatable bonds is 7. The number of nitrogens with one attached hydrogen (secondary N) is 2. The van der Waals surface area contributed by atoms with E-state index in [1.807, 2.05) is 30.3 Å². The van der Waals surface area contributed by atoms with Crippen LogP contribution in [0.3, 0.4) is 0 Å². The molecule has 0 spiro atoms. The molecule has 0 saturated carbocycles. The van der Waals surface area contributed by atoms with Crippen LogP contribution >= 0.6 is 0 Å². The highest BCUT2D eigenvalue weighted by Crippen LogP contribution is 2.02. The molecular weight excluding hydrogens is 240 g/mol. The zero-order valence-electron chi connectivity index (χ0n) is 10.8. The summed E-state index contributed by atoms with van der Waals surface area (Å²) in [6, 6.07) is 10.0. The molecule has 2 aromatic rings. The molecule has 0 aliphatic rings. The number of nitrogens with zero attached hydrogens (tertiary/aromatic N) is 2. The monoisotopic (exact) mass is 258 g/mol. The van der Waals surface area contributed by atoms with Gasteiger partial charge in [0.25, 0.3) is 0 Å². The topological polar surface area (TPSA) is 70.7 Å². The van der Waals surface area contributed by atoms with E-state index in [0.29, 0.717) is 13.0 Å². The first-order chi connectivity index (χ1) is 9.34. The lowest BCUT2D eigenvalue weighted by atomic mass is 10.1. The average Bonchev–Trinajstić information content (AvgIpc) is 2.96. The highest BCUT2D eigenvalue weighted by Gasteiger charge is 2.02. The molecule has 0 radical (unpaired) electrons. The molecule has 0 aliphatic heterocycles. The number of benzene rings is 1. The van der Waals surface area contributed by atoms with Gasteiger partial charge in [-0.1, -0.05) is 30.3 Å². The van der Waals surface area contributed by atoms with E-state index in [-0.39, 0.29) is 5.91 Å². The minimum absolute atomic E-state index is 0.0985. The molecule has 0 aliphatic carbocycles. The molecule has 5 nitrogen and oxygen atoms in total. The lowest BCUT2D eigenvalue weighted by Crippen LogP contribution is -2.25. The van der Waals surface area contributed by atoms with Gasteiger partial charge in [-0.15, -0.1) is 0 Å². The number of carbonyl (C=O) groups excluding carboxylic acids is 1. The Hall–Kier alpha value is -2.17. The summed E-state index contributed by atoms with van der Waals surface area (Å²) in [7, 11) is 0. The zero-order chi connectivity index (χ0) is 13.3. The van der Waals surface area contributed by atoms with Crippen LogP contribution in [-0.2, 0) is 17.6 Å². The molecule has 1 heterocycles. The summed E-state index contributed by atoms with van der Waals surface area (Å²) in [6.45, 7) is 0.675. The summed E-state index contributed by atoms with van der Waals surface area (Å²) in [4.78, 5) is 15.7. The molecule has 0 fully saturated rings. The summed E-state index contributed by atoms with van der Waals surface area (Å²) in [5.74, 6) is 0.958. The van der Waals surface area contributed by atoms with Gasteiger partial charge in [-0.25, -0.2) is 4.98 Å². The Morgan fingerprint density at radius 1 is 1.21 bits per heavy atom. The van der Waals surface area contributed by atoms with Crippen molar-refractivity contribution in [2.45, 2.75) is 25.7 Å². The van der Waals surface area contributed by atoms with Gasteiger partial charge in [0.05, 0.1) is 0 Å². The summed E-state index contributed by atoms with van der Waals surface area (Å²) >= 11 is 0. The van der Waals surface area contributed by atoms with E-state index in [0.717, 1.165) is 25.1 Å². The minimum Gasteiger partial charge on any atom is -0.356 e. The lowest BCUT2D eigenvalue weighted by Gasteiger charge is -2.04. The largest absolute Gasteiger partial charge is 0.356 e. The molecule has 5 heteroatoms. The molecule has 1 aromatic heterocycles. The molecule has 2 N–H and O–H groups in total. The van der Waals surface area contributed by atoms with Crippen molar-refractivity contribution >= 4 is 5.91 Å². The fourth-order valence-electron chi connectivity index (χ4n) is 1.83. The van der Waals surface area contributed by atoms with E-state index in [2.05, 4.69) is 20.5 Å². The fraction of sp³-hybridized carbons (Fsp3) is 0.357. The van der Waals surface area contributed by atoms with Gasteiger partial charge in [-0.05, 0) is 18.4 Å². The number of aryl methyl sites for hydroxylation is 2. The van der Waals surface area contributed by atoms with E-state index >= 15 is 0 Å². The van der Waals surface area contributed by atoms with Crippen LogP contribution in [-0.4, -0.2) is 27.6 Å². The van der Waals surface area contributed by atoms with Crippen molar-refractivity contribution in [3.8, 4) is 0 Å². The van der Waals surface area contributed by atoms with Gasteiger partial charge in [0, 0.05) is 19.4 Å². The molecule has 2 rings (SSSR count). The van der Waals surface area contributed by atoms with Crippen molar-refractivity contribution in [2.75, 3.05) is 6.54 Å². The average molecular weight is 258 g/mol. The normalized spacial score (nSPS) is 10.3. The van der Waals surface area contributed by atoms with Crippen molar-refractivity contribution in [1.29, 1.82) is 0 Å². The number of H-pyrrole nitrogens is 1. The third-order valence-electron chi connectivity index (χ3n) is 2.86. The Kier molecular flexibility index (Phi) is 5.10. The highest BCUT2D eigenvalue weighted by atomic mass is 16.1. The van der Waals surface area contributed by atoms with Crippen molar-refractivity contribution in [2.24, 2.45) is 0 Å². The van der Waals surface area contributed by atoms with Gasteiger partial charge in [0.15, 0.2) is 0 Å². The van der Waals surface area contributed by atoms with E-state index in [1.165, 1.54) is 11.9 Å². The van der Waals surface area contributed by atoms with Crippen LogP contribution in [0.1, 0.15) is 24.2 Å². The van der Waals surface area contributed by atoms with Crippen molar-refractivity contribution < 1.29 is 4.79 Å². The van der Waals surface area contributed by atoms with E-state index in [1.54, 1.807) is 0 Å². The zero-order valence-corrected chi connectivity index (χ0v) is 10.8. The van der Waals surface area contributed by atoms with Gasteiger partial charge < -0.3 is 5.32 Å². The number of hydrogen-bond donors (Lipinski definition) is 2. The second kappa shape index (κ2) is 7.31. The summed E-state index contributed by atoms with van der Waals surface area (Å²) in [6.07, 6.45) is 4.49. The Morgan fingerprint density at radius 3 is 2.79 bits per heavy atom. The quantitative estimate of drug-likeness (QED) is 0.739. The third-order valence-corrected chi connectivity index (χ3v) is 2.86. The Morgan fingerprint density at radius 2 is 2.05 bits per heavy atom. The van der Waals surface area contributed by atoms with Gasteiger partial charge in [-0.2, -0.15) is 5.10 Å². The molecule has 0 atom stereocenters. The van der Waals surface area contributed by atoms with Crippen molar-refractivity contribution in [3.63, 3.8) is 0 Å². The molecule has 0 bridgehead atoms. The summed E-state index contributed by atoms with van der Waals surface area (Å²) in [5.41, 5.74) is 1.19. The molecule has 0 unspecified atom stereocenters. The number of aromatic nitrogens is 3. The van der Waals surface area contributed by atoms with Crippen molar-refractivity contribution in [3.05, 3.63) is 48.0 Å². The Bertz CT molecular complexity index is 481. The van der Waals surface area contributed by atoms with E-state index in [9.17, 15) is 4.79 Å². The van der Waals surface area contributed by atoms with E-state index in [4.69, 9.17) is 0 Å². The number of hydrogen-bond acceptors (Lipinski definition) is 3. The smallest absolute Gasteiger partial charge is 0.220 e. The predicted molar refractivity (Wildman–Crippen MR) is 72.5 cm³/mol. The summed E-state index contributed by atoms with van der Waals surface area (Å²) in [5, 5.41) is 9.49. The first-order valence-electron chi connectivity index (χ1n) is 6.49. The minimum atomic E-state index is 0.0985. The first kappa shape index (κ1) is 13.3. The molecule has 1 aromatic carbocycles. The fourth-order valence-corrected chi connectivity index (χ4v) is 1.83. The van der Waals surface area contributed by atoms with Gasteiger partial charge >= 0.3 is 0 Å². The Balaban J connectivity index is 1.57. The van der Waals surface area contributed by atoms with Crippen LogP contribution in [0.2, 0.25) is 0 Å². The maximum absolute atomic E-state index is 11.6. The third kappa shape index (κ3) is 4.91. The second-order valence-corrected chi connectivity index (χ2v) is 4.37. The van der Waals surface area contributed by atoms with Crippen molar-refractivity contribution in [1.82, 2.24) is 20.5 Å². The maximum Gasteiger partial charge on any atom is 0.220 e. The summed E-state index contributed by atoms with van der Waals surface area (Å²) < 4.78 is 0. The highest BCUT2D eigenvalue weighted by molar-refractivity contribution is 5.76. The number of aromatic amines is 1. The Labute approximate surface area is 112 Å². The van der Waals surface area contributed by atoms with Crippen LogP contribution in [0.25, 0.3) is 0 Å². The second-order valence-electron chi connectivity index (χ2n) is 4.37. The molecule has 0 saturated heterocycles. The van der Waals surface area contributed by atoms with Gasteiger partial charge in [-0.3, -0.25) is 9.89 Å². The predicted octanol–water partition coefficient (Wildman–Crippen LogP) is 1.49. The van der Waals surface area contributed by atoms with Crippen LogP contribution < -0.4 is 5.32 Å². The number of amides is 1. The van der Waals surface area contributed by atoms with Crippen LogP contribution in [0.15, 0.2) is 36.7 Å². The maximum atomic E-state index is 11.6. The SMILES string of the molecule is O=C(CCc1ccccc1)NCCCc1ncn[nH]1. The van der Waals surface area contributed by atoms with Crippen LogP contribution in [0.5, 0.6) is 0 Å². The van der Waals surface area contributed by atoms with Crippen LogP contribution in [0, 0.1) is 0 Å². The first-order valence-corrected chi connectivity index (χ1v) is 6.49. The van der Waals surface area contributed by atoms with Gasteiger partial charge in [0.1, 0.15) is 12.2 Å². The molecular formula is C14H18N4O. The van der Waals surface area contributed by atoms with Crippen LogP contribution in [0.4, 0.5) is 0 Å². The molecule has 1 amide bonds. The standard InChI is InChI=1S/C14H18N4O/c19-14(9-8-12-5-2-1-3-6-12)15-10-4-7-13-16-11-17-18-13/h1-3,5-6,11H,4,7-10H2,(H,15,19)(H,16,17,18). The lowest BCUT2D eigenvalue weighted by molar-refractivity contribution is -0.121. The molecule has 19 heavy (non-hydrogen) atoms.